The number of alkyl halides is 1. The van der Waals surface area contributed by atoms with Gasteiger partial charge in [-0.2, -0.15) is 0 Å². The van der Waals surface area contributed by atoms with Gasteiger partial charge < -0.3 is 14.6 Å². The molecule has 0 radical (unpaired) electrons. The minimum absolute atomic E-state index is 0.0312. The number of methoxy groups -OCH3 is 1. The maximum absolute atomic E-state index is 13.3. The quantitative estimate of drug-likeness (QED) is 0.683. The molecule has 0 aliphatic carbocycles. The van der Waals surface area contributed by atoms with Gasteiger partial charge in [0.25, 0.3) is 0 Å². The first-order valence-electron chi connectivity index (χ1n) is 4.88. The van der Waals surface area contributed by atoms with E-state index in [1.54, 1.807) is 20.8 Å². The highest BCUT2D eigenvalue weighted by molar-refractivity contribution is 5.75. The number of halogens is 1. The van der Waals surface area contributed by atoms with Crippen LogP contribution in [0, 0.1) is 0 Å². The largest absolute Gasteiger partial charge is 0.464 e. The molecule has 0 bridgehead atoms. The molecule has 2 unspecified atom stereocenters. The first kappa shape index (κ1) is 14.3. The highest BCUT2D eigenvalue weighted by Crippen LogP contribution is 2.19. The fourth-order valence-electron chi connectivity index (χ4n) is 1.07. The van der Waals surface area contributed by atoms with E-state index >= 15 is 0 Å². The van der Waals surface area contributed by atoms with Crippen molar-refractivity contribution in [2.45, 2.75) is 45.1 Å². The molecule has 1 N–H and O–H groups in total. The highest BCUT2D eigenvalue weighted by Gasteiger charge is 2.32. The Morgan fingerprint density at radius 1 is 1.53 bits per heavy atom. The number of carbonyl (C=O) groups excluding carboxylic acids is 1. The van der Waals surface area contributed by atoms with Crippen LogP contribution in [0.25, 0.3) is 0 Å². The lowest BCUT2D eigenvalue weighted by atomic mass is 9.98. The molecule has 4 nitrogen and oxygen atoms in total. The van der Waals surface area contributed by atoms with E-state index in [2.05, 4.69) is 4.74 Å². The smallest absolute Gasteiger partial charge is 0.343 e. The zero-order chi connectivity index (χ0) is 12.1. The van der Waals surface area contributed by atoms with Gasteiger partial charge in [-0.05, 0) is 20.8 Å². The molecule has 0 aromatic rings. The molecular formula is C10H19FO4. The monoisotopic (exact) mass is 222 g/mol. The highest BCUT2D eigenvalue weighted by atomic mass is 19.1. The van der Waals surface area contributed by atoms with Crippen molar-refractivity contribution in [2.75, 3.05) is 13.7 Å². The maximum atomic E-state index is 13.3. The minimum Gasteiger partial charge on any atom is -0.464 e. The topological polar surface area (TPSA) is 55.8 Å². The second kappa shape index (κ2) is 6.02. The van der Waals surface area contributed by atoms with Crippen molar-refractivity contribution >= 4 is 5.97 Å². The molecule has 0 rings (SSSR count). The third kappa shape index (κ3) is 5.09. The van der Waals surface area contributed by atoms with Gasteiger partial charge in [-0.25, -0.2) is 9.18 Å². The summed E-state index contributed by atoms with van der Waals surface area (Å²) in [7, 11) is 1.46. The van der Waals surface area contributed by atoms with Gasteiger partial charge in [0.05, 0.1) is 18.3 Å². The molecule has 0 fully saturated rings. The summed E-state index contributed by atoms with van der Waals surface area (Å²) in [5, 5.41) is 9.43. The van der Waals surface area contributed by atoms with Crippen molar-refractivity contribution < 1.29 is 23.8 Å². The molecule has 0 aliphatic heterocycles. The van der Waals surface area contributed by atoms with Crippen LogP contribution < -0.4 is 0 Å². The number of hydrogen-bond acceptors (Lipinski definition) is 4. The molecule has 15 heavy (non-hydrogen) atoms. The van der Waals surface area contributed by atoms with E-state index < -0.39 is 23.8 Å². The van der Waals surface area contributed by atoms with E-state index in [1.165, 1.54) is 7.11 Å². The van der Waals surface area contributed by atoms with Gasteiger partial charge in [0.15, 0.2) is 0 Å². The van der Waals surface area contributed by atoms with Crippen LogP contribution >= 0.6 is 0 Å². The Bertz CT molecular complexity index is 206. The van der Waals surface area contributed by atoms with Gasteiger partial charge in [0.2, 0.25) is 6.17 Å². The van der Waals surface area contributed by atoms with Crippen LogP contribution in [0.2, 0.25) is 0 Å². The van der Waals surface area contributed by atoms with E-state index in [9.17, 15) is 14.3 Å². The first-order valence-corrected chi connectivity index (χ1v) is 4.88. The summed E-state index contributed by atoms with van der Waals surface area (Å²) in [4.78, 5) is 11.0. The van der Waals surface area contributed by atoms with Crippen molar-refractivity contribution in [2.24, 2.45) is 0 Å². The van der Waals surface area contributed by atoms with Crippen molar-refractivity contribution in [3.05, 3.63) is 0 Å². The number of carbonyl (C=O) groups is 1. The molecule has 0 saturated carbocycles. The van der Waals surface area contributed by atoms with Crippen LogP contribution in [0.3, 0.4) is 0 Å². The fraction of sp³-hybridized carbons (Fsp3) is 0.900. The van der Waals surface area contributed by atoms with Crippen LogP contribution in [0.5, 0.6) is 0 Å². The van der Waals surface area contributed by atoms with Gasteiger partial charge in [-0.3, -0.25) is 0 Å². The second-order valence-electron chi connectivity index (χ2n) is 3.89. The van der Waals surface area contributed by atoms with Gasteiger partial charge in [-0.1, -0.05) is 0 Å². The molecule has 0 saturated heterocycles. The van der Waals surface area contributed by atoms with Gasteiger partial charge in [0, 0.05) is 13.5 Å². The number of esters is 1. The molecule has 0 heterocycles. The van der Waals surface area contributed by atoms with Crippen LogP contribution in [0.15, 0.2) is 0 Å². The van der Waals surface area contributed by atoms with Crippen LogP contribution in [-0.2, 0) is 14.3 Å². The van der Waals surface area contributed by atoms with Crippen LogP contribution in [-0.4, -0.2) is 42.7 Å². The Labute approximate surface area is 89.4 Å². The Hall–Kier alpha value is -0.680. The lowest BCUT2D eigenvalue weighted by molar-refractivity contribution is -0.155. The van der Waals surface area contributed by atoms with Crippen LogP contribution in [0.1, 0.15) is 27.2 Å². The number of aliphatic hydroxyl groups excluding tert-OH is 1. The van der Waals surface area contributed by atoms with Gasteiger partial charge in [0.1, 0.15) is 0 Å². The molecule has 0 aromatic heterocycles. The molecule has 0 amide bonds. The first-order chi connectivity index (χ1) is 6.84. The van der Waals surface area contributed by atoms with Crippen molar-refractivity contribution in [1.82, 2.24) is 0 Å². The molecule has 90 valence electrons. The van der Waals surface area contributed by atoms with Crippen molar-refractivity contribution in [1.29, 1.82) is 0 Å². The normalized spacial score (nSPS) is 15.9. The van der Waals surface area contributed by atoms with Crippen LogP contribution in [0.4, 0.5) is 4.39 Å². The van der Waals surface area contributed by atoms with E-state index in [0.717, 1.165) is 0 Å². The Kier molecular flexibility index (Phi) is 5.75. The summed E-state index contributed by atoms with van der Waals surface area (Å²) in [5.41, 5.74) is -0.670. The van der Waals surface area contributed by atoms with E-state index in [4.69, 9.17) is 4.74 Å². The maximum Gasteiger partial charge on any atom is 0.343 e. The summed E-state index contributed by atoms with van der Waals surface area (Å²) >= 11 is 0. The molecule has 0 spiro atoms. The minimum atomic E-state index is -2.01. The molecule has 2 atom stereocenters. The number of aliphatic hydroxyl groups is 1. The molecule has 0 aliphatic rings. The summed E-state index contributed by atoms with van der Waals surface area (Å²) in [5.74, 6) is -1.03. The number of rotatable bonds is 6. The van der Waals surface area contributed by atoms with Gasteiger partial charge >= 0.3 is 5.97 Å². The number of ether oxygens (including phenoxy) is 2. The third-order valence-electron chi connectivity index (χ3n) is 2.10. The zero-order valence-electron chi connectivity index (χ0n) is 9.62. The summed E-state index contributed by atoms with van der Waals surface area (Å²) < 4.78 is 22.7. The summed E-state index contributed by atoms with van der Waals surface area (Å²) in [6, 6.07) is 0. The molecule has 5 heteroatoms. The van der Waals surface area contributed by atoms with E-state index in [1.807, 2.05) is 0 Å². The van der Waals surface area contributed by atoms with E-state index in [-0.39, 0.29) is 13.0 Å². The predicted octanol–water partition coefficient (Wildman–Crippen LogP) is 1.06. The second-order valence-corrected chi connectivity index (χ2v) is 3.89. The van der Waals surface area contributed by atoms with Crippen molar-refractivity contribution in [3.63, 3.8) is 0 Å². The van der Waals surface area contributed by atoms with Crippen molar-refractivity contribution in [3.8, 4) is 0 Å². The predicted molar refractivity (Wildman–Crippen MR) is 53.2 cm³/mol. The molecular weight excluding hydrogens is 203 g/mol. The Morgan fingerprint density at radius 2 is 2.07 bits per heavy atom. The average Bonchev–Trinajstić information content (AvgIpc) is 2.16. The lowest BCUT2D eigenvalue weighted by Crippen LogP contribution is -2.38. The van der Waals surface area contributed by atoms with Gasteiger partial charge in [-0.15, -0.1) is 0 Å². The summed E-state index contributed by atoms with van der Waals surface area (Å²) in [6.07, 6.45) is -3.39. The Balaban J connectivity index is 4.20. The third-order valence-corrected chi connectivity index (χ3v) is 2.10. The average molecular weight is 222 g/mol. The zero-order valence-corrected chi connectivity index (χ0v) is 9.62. The fourth-order valence-corrected chi connectivity index (χ4v) is 1.07. The van der Waals surface area contributed by atoms with E-state index in [0.29, 0.717) is 0 Å². The Morgan fingerprint density at radius 3 is 2.47 bits per heavy atom. The standard InChI is InChI=1S/C10H19FO4/c1-5-15-9(13)8(11)7(12)6-10(2,3)14-4/h7-8,12H,5-6H2,1-4H3. The lowest BCUT2D eigenvalue weighted by Gasteiger charge is -2.26. The molecule has 0 aromatic carbocycles. The SMILES string of the molecule is CCOC(=O)C(F)C(O)CC(C)(C)OC. The summed E-state index contributed by atoms with van der Waals surface area (Å²) in [6.45, 7) is 5.08. The number of hydrogen-bond donors (Lipinski definition) is 1.